The summed E-state index contributed by atoms with van der Waals surface area (Å²) in [6.45, 7) is 4.12. The van der Waals surface area contributed by atoms with Crippen molar-refractivity contribution in [2.45, 2.75) is 32.9 Å². The number of aryl methyl sites for hydroxylation is 2. The second kappa shape index (κ2) is 6.40. The minimum Gasteiger partial charge on any atom is -0.379 e. The van der Waals surface area contributed by atoms with Gasteiger partial charge in [-0.2, -0.15) is 5.10 Å². The first-order valence-electron chi connectivity index (χ1n) is 7.54. The molecule has 1 aromatic heterocycles. The van der Waals surface area contributed by atoms with Crippen LogP contribution in [0.5, 0.6) is 0 Å². The lowest BCUT2D eigenvalue weighted by atomic mass is 10.0. The number of hydrogen-bond donors (Lipinski definition) is 2. The molecule has 0 bridgehead atoms. The van der Waals surface area contributed by atoms with E-state index in [-0.39, 0.29) is 5.91 Å². The molecule has 0 spiro atoms. The van der Waals surface area contributed by atoms with Crippen molar-refractivity contribution in [2.24, 2.45) is 0 Å². The first kappa shape index (κ1) is 14.9. The van der Waals surface area contributed by atoms with Gasteiger partial charge in [0.25, 0.3) is 5.91 Å². The number of carbonyl (C=O) groups excluding carboxylic acids is 1. The van der Waals surface area contributed by atoms with Gasteiger partial charge in [0.1, 0.15) is 0 Å². The Morgan fingerprint density at radius 2 is 2.32 bits per heavy atom. The molecule has 0 aliphatic carbocycles. The largest absolute Gasteiger partial charge is 0.379 e. The summed E-state index contributed by atoms with van der Waals surface area (Å²) in [5.41, 5.74) is 3.73. The van der Waals surface area contributed by atoms with E-state index in [1.54, 1.807) is 6.20 Å². The lowest BCUT2D eigenvalue weighted by Crippen LogP contribution is -2.22. The number of amides is 1. The number of hydrogen-bond acceptors (Lipinski definition) is 3. The van der Waals surface area contributed by atoms with E-state index in [0.717, 1.165) is 48.4 Å². The summed E-state index contributed by atoms with van der Waals surface area (Å²) in [5, 5.41) is 11.1. The third-order valence-corrected chi connectivity index (χ3v) is 4.24. The maximum atomic E-state index is 12.1. The van der Waals surface area contributed by atoms with Gasteiger partial charge in [0.2, 0.25) is 0 Å². The highest BCUT2D eigenvalue weighted by atomic mass is 35.5. The monoisotopic (exact) mass is 318 g/mol. The van der Waals surface area contributed by atoms with Gasteiger partial charge in [-0.3, -0.25) is 9.48 Å². The van der Waals surface area contributed by atoms with Gasteiger partial charge >= 0.3 is 0 Å². The van der Waals surface area contributed by atoms with Gasteiger partial charge in [-0.1, -0.05) is 17.7 Å². The molecule has 2 aromatic rings. The molecule has 1 amide bonds. The van der Waals surface area contributed by atoms with Crippen molar-refractivity contribution in [3.63, 3.8) is 0 Å². The molecular weight excluding hydrogens is 300 g/mol. The molecule has 0 radical (unpaired) electrons. The van der Waals surface area contributed by atoms with Crippen molar-refractivity contribution in [2.75, 3.05) is 11.9 Å². The minimum atomic E-state index is 0.00721. The number of nitrogens with zero attached hydrogens (tertiary/aromatic N) is 2. The molecule has 0 atom stereocenters. The van der Waals surface area contributed by atoms with Crippen LogP contribution in [0.4, 0.5) is 5.69 Å². The number of halogens is 1. The zero-order valence-electron chi connectivity index (χ0n) is 12.5. The number of carbonyl (C=O) groups is 1. The van der Waals surface area contributed by atoms with Crippen LogP contribution in [0.2, 0.25) is 5.02 Å². The third-order valence-electron chi connectivity index (χ3n) is 3.92. The Hall–Kier alpha value is -2.01. The van der Waals surface area contributed by atoms with Crippen LogP contribution in [-0.4, -0.2) is 22.2 Å². The van der Waals surface area contributed by atoms with Crippen LogP contribution in [0.1, 0.15) is 35.0 Å². The maximum Gasteiger partial charge on any atom is 0.251 e. The second-order valence-electron chi connectivity index (χ2n) is 5.34. The molecule has 1 aromatic carbocycles. The van der Waals surface area contributed by atoms with Crippen LogP contribution in [-0.2, 0) is 19.5 Å². The number of benzene rings is 1. The quantitative estimate of drug-likeness (QED) is 0.911. The maximum absolute atomic E-state index is 12.1. The van der Waals surface area contributed by atoms with Crippen molar-refractivity contribution in [3.8, 4) is 0 Å². The fourth-order valence-electron chi connectivity index (χ4n) is 2.71. The molecule has 5 nitrogen and oxygen atoms in total. The van der Waals surface area contributed by atoms with Crippen molar-refractivity contribution < 1.29 is 4.79 Å². The number of rotatable bonds is 4. The first-order chi connectivity index (χ1) is 10.7. The Morgan fingerprint density at radius 1 is 1.45 bits per heavy atom. The molecule has 0 saturated carbocycles. The SMILES string of the molecule is CCn1ncc(Cl)c1CNc1ccc2c(c1)C(=O)NCCC2. The Morgan fingerprint density at radius 3 is 3.14 bits per heavy atom. The Kier molecular flexibility index (Phi) is 4.34. The molecule has 2 heterocycles. The fourth-order valence-corrected chi connectivity index (χ4v) is 2.92. The van der Waals surface area contributed by atoms with E-state index in [1.165, 1.54) is 0 Å². The van der Waals surface area contributed by atoms with E-state index in [4.69, 9.17) is 11.6 Å². The molecule has 0 fully saturated rings. The van der Waals surface area contributed by atoms with Crippen LogP contribution in [0.15, 0.2) is 24.4 Å². The van der Waals surface area contributed by atoms with Gasteiger partial charge in [0.15, 0.2) is 0 Å². The topological polar surface area (TPSA) is 59.0 Å². The van der Waals surface area contributed by atoms with Gasteiger partial charge in [0.05, 0.1) is 23.5 Å². The normalized spacial score (nSPS) is 14.2. The summed E-state index contributed by atoms with van der Waals surface area (Å²) < 4.78 is 1.87. The highest BCUT2D eigenvalue weighted by molar-refractivity contribution is 6.31. The predicted molar refractivity (Wildman–Crippen MR) is 87.3 cm³/mol. The zero-order valence-corrected chi connectivity index (χ0v) is 13.3. The Bertz CT molecular complexity index is 695. The standard InChI is InChI=1S/C16H19ClN4O/c1-2-21-15(14(17)9-20-21)10-19-12-6-5-11-4-3-7-18-16(22)13(11)8-12/h5-6,8-9,19H,2-4,7,10H2,1H3,(H,18,22). The van der Waals surface area contributed by atoms with E-state index < -0.39 is 0 Å². The average Bonchev–Trinajstić information content (AvgIpc) is 2.79. The van der Waals surface area contributed by atoms with Crippen molar-refractivity contribution in [3.05, 3.63) is 46.2 Å². The van der Waals surface area contributed by atoms with Crippen molar-refractivity contribution >= 4 is 23.2 Å². The summed E-state index contributed by atoms with van der Waals surface area (Å²) in [4.78, 5) is 12.1. The minimum absolute atomic E-state index is 0.00721. The zero-order chi connectivity index (χ0) is 15.5. The van der Waals surface area contributed by atoms with Crippen LogP contribution in [0.3, 0.4) is 0 Å². The molecular formula is C16H19ClN4O. The molecule has 116 valence electrons. The summed E-state index contributed by atoms with van der Waals surface area (Å²) in [6.07, 6.45) is 3.58. The first-order valence-corrected chi connectivity index (χ1v) is 7.92. The molecule has 1 aliphatic heterocycles. The summed E-state index contributed by atoms with van der Waals surface area (Å²) >= 11 is 6.16. The smallest absolute Gasteiger partial charge is 0.251 e. The second-order valence-corrected chi connectivity index (χ2v) is 5.75. The van der Waals surface area contributed by atoms with Crippen molar-refractivity contribution in [1.82, 2.24) is 15.1 Å². The fraction of sp³-hybridized carbons (Fsp3) is 0.375. The van der Waals surface area contributed by atoms with Crippen molar-refractivity contribution in [1.29, 1.82) is 0 Å². The van der Waals surface area contributed by atoms with Gasteiger partial charge in [0, 0.05) is 24.3 Å². The summed E-state index contributed by atoms with van der Waals surface area (Å²) in [6, 6.07) is 5.95. The molecule has 1 aliphatic rings. The number of nitrogens with one attached hydrogen (secondary N) is 2. The molecule has 22 heavy (non-hydrogen) atoms. The van der Waals surface area contributed by atoms with E-state index >= 15 is 0 Å². The molecule has 2 N–H and O–H groups in total. The van der Waals surface area contributed by atoms with Gasteiger partial charge in [-0.15, -0.1) is 0 Å². The van der Waals surface area contributed by atoms with Crippen LogP contribution >= 0.6 is 11.6 Å². The Labute approximate surface area is 134 Å². The van der Waals surface area contributed by atoms with Gasteiger partial charge < -0.3 is 10.6 Å². The van der Waals surface area contributed by atoms with Gasteiger partial charge in [-0.05, 0) is 37.5 Å². The molecule has 0 saturated heterocycles. The van der Waals surface area contributed by atoms with Crippen LogP contribution in [0.25, 0.3) is 0 Å². The highest BCUT2D eigenvalue weighted by Gasteiger charge is 2.15. The summed E-state index contributed by atoms with van der Waals surface area (Å²) in [7, 11) is 0. The van der Waals surface area contributed by atoms with E-state index in [9.17, 15) is 4.79 Å². The van der Waals surface area contributed by atoms with Crippen LogP contribution < -0.4 is 10.6 Å². The number of fused-ring (bicyclic) bond motifs is 1. The van der Waals surface area contributed by atoms with E-state index in [0.29, 0.717) is 11.6 Å². The lowest BCUT2D eigenvalue weighted by molar-refractivity contribution is 0.0956. The summed E-state index contributed by atoms with van der Waals surface area (Å²) in [5.74, 6) is 0.00721. The number of anilines is 1. The number of aromatic nitrogens is 2. The predicted octanol–water partition coefficient (Wildman–Crippen LogP) is 2.84. The molecule has 3 rings (SSSR count). The molecule has 0 unspecified atom stereocenters. The average molecular weight is 319 g/mol. The van der Waals surface area contributed by atoms with E-state index in [2.05, 4.69) is 15.7 Å². The third kappa shape index (κ3) is 2.95. The van der Waals surface area contributed by atoms with Crippen LogP contribution in [0, 0.1) is 0 Å². The van der Waals surface area contributed by atoms with E-state index in [1.807, 2.05) is 29.8 Å². The molecule has 6 heteroatoms. The Balaban J connectivity index is 1.79. The highest BCUT2D eigenvalue weighted by Crippen LogP contribution is 2.21. The van der Waals surface area contributed by atoms with Gasteiger partial charge in [-0.25, -0.2) is 0 Å². The lowest BCUT2D eigenvalue weighted by Gasteiger charge is -2.11.